The van der Waals surface area contributed by atoms with E-state index in [1.54, 1.807) is 12.1 Å². The van der Waals surface area contributed by atoms with Crippen LogP contribution in [0, 0.1) is 0 Å². The predicted molar refractivity (Wildman–Crippen MR) is 48.2 cm³/mol. The average molecular weight is 190 g/mol. The molecule has 0 fully saturated rings. The first-order chi connectivity index (χ1) is 6.68. The van der Waals surface area contributed by atoms with Gasteiger partial charge in [-0.25, -0.2) is 14.8 Å². The normalized spacial score (nSPS) is 10.3. The van der Waals surface area contributed by atoms with E-state index in [4.69, 9.17) is 5.11 Å². The summed E-state index contributed by atoms with van der Waals surface area (Å²) in [5, 5.41) is 18.6. The molecule has 0 unspecified atom stereocenters. The first-order valence-electron chi connectivity index (χ1n) is 3.86. The summed E-state index contributed by atoms with van der Waals surface area (Å²) in [7, 11) is 0. The molecule has 2 aromatic rings. The molecule has 2 N–H and O–H groups in total. The molecular weight excluding hydrogens is 184 g/mol. The maximum absolute atomic E-state index is 10.6. The third kappa shape index (κ3) is 1.24. The molecule has 5 nitrogen and oxygen atoms in total. The van der Waals surface area contributed by atoms with Crippen molar-refractivity contribution in [2.24, 2.45) is 0 Å². The van der Waals surface area contributed by atoms with E-state index in [1.165, 1.54) is 12.3 Å². The van der Waals surface area contributed by atoms with Crippen LogP contribution in [-0.2, 0) is 0 Å². The van der Waals surface area contributed by atoms with Gasteiger partial charge < -0.3 is 10.2 Å². The number of hydrogen-bond donors (Lipinski definition) is 2. The van der Waals surface area contributed by atoms with Gasteiger partial charge in [0.2, 0.25) is 0 Å². The number of carboxylic acids is 1. The van der Waals surface area contributed by atoms with E-state index in [0.29, 0.717) is 11.0 Å². The highest BCUT2D eigenvalue weighted by Gasteiger charge is 2.12. The fraction of sp³-hybridized carbons (Fsp3) is 0. The zero-order valence-electron chi connectivity index (χ0n) is 7.01. The lowest BCUT2D eigenvalue weighted by Gasteiger charge is -2.00. The highest BCUT2D eigenvalue weighted by atomic mass is 16.4. The Kier molecular flexibility index (Phi) is 1.78. The number of aromatic carboxylic acids is 1. The molecule has 0 atom stereocenters. The van der Waals surface area contributed by atoms with Crippen LogP contribution in [0.2, 0.25) is 0 Å². The second-order valence-corrected chi connectivity index (χ2v) is 2.71. The average Bonchev–Trinajstić information content (AvgIpc) is 2.16. The summed E-state index contributed by atoms with van der Waals surface area (Å²) < 4.78 is 0. The fourth-order valence-corrected chi connectivity index (χ4v) is 1.15. The third-order valence-corrected chi connectivity index (χ3v) is 1.77. The minimum Gasteiger partial charge on any atom is -0.505 e. The maximum atomic E-state index is 10.6. The smallest absolute Gasteiger partial charge is 0.358 e. The third-order valence-electron chi connectivity index (χ3n) is 1.77. The number of carbonyl (C=O) groups is 1. The van der Waals surface area contributed by atoms with E-state index in [-0.39, 0.29) is 11.4 Å². The van der Waals surface area contributed by atoms with Crippen LogP contribution in [0.3, 0.4) is 0 Å². The van der Waals surface area contributed by atoms with E-state index < -0.39 is 5.97 Å². The summed E-state index contributed by atoms with van der Waals surface area (Å²) in [6.45, 7) is 0. The summed E-state index contributed by atoms with van der Waals surface area (Å²) in [6.07, 6.45) is 1.51. The van der Waals surface area contributed by atoms with Gasteiger partial charge in [-0.1, -0.05) is 0 Å². The van der Waals surface area contributed by atoms with E-state index in [2.05, 4.69) is 9.97 Å². The number of pyridine rings is 2. The van der Waals surface area contributed by atoms with Crippen molar-refractivity contribution >= 4 is 17.0 Å². The summed E-state index contributed by atoms with van der Waals surface area (Å²) in [5.41, 5.74) is -0.0705. The Morgan fingerprint density at radius 3 is 2.93 bits per heavy atom. The Hall–Kier alpha value is -2.17. The first-order valence-corrected chi connectivity index (χ1v) is 3.86. The van der Waals surface area contributed by atoms with Gasteiger partial charge in [0.15, 0.2) is 11.3 Å². The van der Waals surface area contributed by atoms with Crippen LogP contribution in [0.1, 0.15) is 10.5 Å². The Morgan fingerprint density at radius 2 is 2.21 bits per heavy atom. The van der Waals surface area contributed by atoms with Crippen LogP contribution in [-0.4, -0.2) is 26.2 Å². The van der Waals surface area contributed by atoms with Crippen molar-refractivity contribution < 1.29 is 15.0 Å². The molecule has 0 bridgehead atoms. The van der Waals surface area contributed by atoms with Gasteiger partial charge in [-0.05, 0) is 18.2 Å². The van der Waals surface area contributed by atoms with Crippen molar-refractivity contribution in [1.82, 2.24) is 9.97 Å². The van der Waals surface area contributed by atoms with Crippen LogP contribution in [0.25, 0.3) is 11.0 Å². The summed E-state index contributed by atoms with van der Waals surface area (Å²) >= 11 is 0. The number of rotatable bonds is 1. The van der Waals surface area contributed by atoms with Crippen LogP contribution in [0.4, 0.5) is 0 Å². The molecule has 0 saturated carbocycles. The van der Waals surface area contributed by atoms with E-state index in [9.17, 15) is 9.90 Å². The Balaban J connectivity index is 2.77. The zero-order valence-corrected chi connectivity index (χ0v) is 7.01. The molecule has 0 saturated heterocycles. The van der Waals surface area contributed by atoms with Gasteiger partial charge in [0.25, 0.3) is 0 Å². The minimum atomic E-state index is -1.27. The number of fused-ring (bicyclic) bond motifs is 1. The van der Waals surface area contributed by atoms with Crippen LogP contribution < -0.4 is 0 Å². The van der Waals surface area contributed by atoms with Gasteiger partial charge in [-0.15, -0.1) is 0 Å². The SMILES string of the molecule is O=C(O)c1nc2ncccc2cc1O. The number of hydrogen-bond acceptors (Lipinski definition) is 4. The van der Waals surface area contributed by atoms with Crippen molar-refractivity contribution in [2.75, 3.05) is 0 Å². The predicted octanol–water partition coefficient (Wildman–Crippen LogP) is 1.03. The molecule has 0 aliphatic carbocycles. The summed E-state index contributed by atoms with van der Waals surface area (Å²) in [4.78, 5) is 18.2. The molecule has 0 aromatic carbocycles. The zero-order chi connectivity index (χ0) is 10.1. The molecule has 2 rings (SSSR count). The number of aromatic hydroxyl groups is 1. The first kappa shape index (κ1) is 8.43. The molecule has 70 valence electrons. The molecule has 0 radical (unpaired) electrons. The highest BCUT2D eigenvalue weighted by molar-refractivity contribution is 5.92. The standard InChI is InChI=1S/C9H6N2O3/c12-6-4-5-2-1-3-10-8(5)11-7(6)9(13)14/h1-4,12H,(H,13,14). The molecule has 2 aromatic heterocycles. The van der Waals surface area contributed by atoms with Crippen molar-refractivity contribution in [3.05, 3.63) is 30.1 Å². The van der Waals surface area contributed by atoms with Gasteiger partial charge in [0.1, 0.15) is 5.75 Å². The summed E-state index contributed by atoms with van der Waals surface area (Å²) in [6, 6.07) is 4.71. The maximum Gasteiger partial charge on any atom is 0.358 e. The lowest BCUT2D eigenvalue weighted by molar-refractivity contribution is 0.0687. The quantitative estimate of drug-likeness (QED) is 0.701. The number of aromatic nitrogens is 2. The molecule has 14 heavy (non-hydrogen) atoms. The molecule has 0 aliphatic rings. The number of nitrogens with zero attached hydrogens (tertiary/aromatic N) is 2. The topological polar surface area (TPSA) is 83.3 Å². The Bertz CT molecular complexity index is 510. The van der Waals surface area contributed by atoms with Gasteiger partial charge in [-0.2, -0.15) is 0 Å². The molecule has 5 heteroatoms. The lowest BCUT2D eigenvalue weighted by atomic mass is 10.2. The van der Waals surface area contributed by atoms with Crippen molar-refractivity contribution in [1.29, 1.82) is 0 Å². The molecule has 2 heterocycles. The monoisotopic (exact) mass is 190 g/mol. The van der Waals surface area contributed by atoms with Crippen molar-refractivity contribution in [3.8, 4) is 5.75 Å². The van der Waals surface area contributed by atoms with E-state index in [0.717, 1.165) is 0 Å². The molecule has 0 aliphatic heterocycles. The van der Waals surface area contributed by atoms with Gasteiger partial charge in [-0.3, -0.25) is 0 Å². The van der Waals surface area contributed by atoms with E-state index in [1.807, 2.05) is 0 Å². The van der Waals surface area contributed by atoms with Gasteiger partial charge >= 0.3 is 5.97 Å². The second kappa shape index (κ2) is 2.95. The van der Waals surface area contributed by atoms with Crippen LogP contribution >= 0.6 is 0 Å². The van der Waals surface area contributed by atoms with Gasteiger partial charge in [0.05, 0.1) is 0 Å². The summed E-state index contributed by atoms with van der Waals surface area (Å²) in [5.74, 6) is -1.62. The lowest BCUT2D eigenvalue weighted by Crippen LogP contribution is -2.01. The van der Waals surface area contributed by atoms with Crippen molar-refractivity contribution in [2.45, 2.75) is 0 Å². The largest absolute Gasteiger partial charge is 0.505 e. The fourth-order valence-electron chi connectivity index (χ4n) is 1.15. The van der Waals surface area contributed by atoms with Gasteiger partial charge in [0, 0.05) is 11.6 Å². The van der Waals surface area contributed by atoms with Crippen molar-refractivity contribution in [3.63, 3.8) is 0 Å². The molecule has 0 spiro atoms. The Morgan fingerprint density at radius 1 is 1.43 bits per heavy atom. The minimum absolute atomic E-state index is 0.308. The second-order valence-electron chi connectivity index (χ2n) is 2.71. The Labute approximate surface area is 78.7 Å². The number of carboxylic acid groups (broad SMARTS) is 1. The van der Waals surface area contributed by atoms with E-state index >= 15 is 0 Å². The molecule has 0 amide bonds. The van der Waals surface area contributed by atoms with Crippen LogP contribution in [0.5, 0.6) is 5.75 Å². The molecular formula is C9H6N2O3. The highest BCUT2D eigenvalue weighted by Crippen LogP contribution is 2.19. The van der Waals surface area contributed by atoms with Crippen LogP contribution in [0.15, 0.2) is 24.4 Å².